The number of rotatable bonds is 5. The molecule has 2 N–H and O–H groups in total. The second-order valence-electron chi connectivity index (χ2n) is 6.22. The highest BCUT2D eigenvalue weighted by Crippen LogP contribution is 2.47. The lowest BCUT2D eigenvalue weighted by Gasteiger charge is -2.19. The summed E-state index contributed by atoms with van der Waals surface area (Å²) in [6.07, 6.45) is 2.17. The maximum absolute atomic E-state index is 13.7. The summed E-state index contributed by atoms with van der Waals surface area (Å²) in [5, 5.41) is 5.73. The highest BCUT2D eigenvalue weighted by Gasteiger charge is 2.44. The molecule has 23 heavy (non-hydrogen) atoms. The van der Waals surface area contributed by atoms with Crippen molar-refractivity contribution in [3.05, 3.63) is 71.5 Å². The van der Waals surface area contributed by atoms with Crippen molar-refractivity contribution in [3.8, 4) is 0 Å². The molecule has 1 aliphatic rings. The molecule has 3 nitrogen and oxygen atoms in total. The Morgan fingerprint density at radius 1 is 1.13 bits per heavy atom. The minimum absolute atomic E-state index is 0.0693. The summed E-state index contributed by atoms with van der Waals surface area (Å²) < 4.78 is 13.7. The molecule has 0 aromatic heterocycles. The summed E-state index contributed by atoms with van der Waals surface area (Å²) in [5.74, 6) is -0.303. The fraction of sp³-hybridized carbons (Fsp3) is 0.316. The fourth-order valence-corrected chi connectivity index (χ4v) is 2.91. The molecular weight excluding hydrogens is 291 g/mol. The van der Waals surface area contributed by atoms with E-state index in [1.165, 1.54) is 11.6 Å². The first-order valence-corrected chi connectivity index (χ1v) is 7.95. The monoisotopic (exact) mass is 312 g/mol. The Morgan fingerprint density at radius 3 is 2.43 bits per heavy atom. The van der Waals surface area contributed by atoms with E-state index in [0.29, 0.717) is 12.1 Å². The Morgan fingerprint density at radius 2 is 1.78 bits per heavy atom. The van der Waals surface area contributed by atoms with Crippen molar-refractivity contribution in [2.75, 3.05) is 6.54 Å². The van der Waals surface area contributed by atoms with Gasteiger partial charge in [-0.3, -0.25) is 0 Å². The van der Waals surface area contributed by atoms with Crippen LogP contribution in [0.5, 0.6) is 0 Å². The fourth-order valence-electron chi connectivity index (χ4n) is 2.91. The van der Waals surface area contributed by atoms with E-state index in [2.05, 4.69) is 22.8 Å². The van der Waals surface area contributed by atoms with Gasteiger partial charge in [-0.2, -0.15) is 0 Å². The zero-order chi connectivity index (χ0) is 16.3. The summed E-state index contributed by atoms with van der Waals surface area (Å²) in [7, 11) is 0. The first-order valence-electron chi connectivity index (χ1n) is 7.95. The topological polar surface area (TPSA) is 41.1 Å². The quantitative estimate of drug-likeness (QED) is 0.863. The maximum atomic E-state index is 13.7. The predicted octanol–water partition coefficient (Wildman–Crippen LogP) is 3.92. The van der Waals surface area contributed by atoms with E-state index >= 15 is 0 Å². The molecule has 0 spiro atoms. The van der Waals surface area contributed by atoms with Gasteiger partial charge in [0, 0.05) is 17.5 Å². The van der Waals surface area contributed by atoms with Crippen LogP contribution < -0.4 is 10.6 Å². The molecule has 2 aromatic carbocycles. The van der Waals surface area contributed by atoms with Crippen molar-refractivity contribution in [3.63, 3.8) is 0 Å². The minimum Gasteiger partial charge on any atom is -0.337 e. The van der Waals surface area contributed by atoms with Crippen molar-refractivity contribution in [1.29, 1.82) is 0 Å². The predicted molar refractivity (Wildman–Crippen MR) is 88.7 cm³/mol. The van der Waals surface area contributed by atoms with E-state index in [4.69, 9.17) is 0 Å². The van der Waals surface area contributed by atoms with Gasteiger partial charge in [0.1, 0.15) is 5.82 Å². The highest BCUT2D eigenvalue weighted by atomic mass is 19.1. The Balaban J connectivity index is 1.55. The molecule has 4 heteroatoms. The van der Waals surface area contributed by atoms with E-state index in [1.807, 2.05) is 18.2 Å². The van der Waals surface area contributed by atoms with Crippen molar-refractivity contribution in [2.45, 2.75) is 31.2 Å². The van der Waals surface area contributed by atoms with Crippen LogP contribution in [0.15, 0.2) is 54.6 Å². The molecule has 2 amide bonds. The van der Waals surface area contributed by atoms with Gasteiger partial charge in [0.2, 0.25) is 0 Å². The molecule has 2 aromatic rings. The third kappa shape index (κ3) is 3.52. The number of hydrogen-bond acceptors (Lipinski definition) is 1. The van der Waals surface area contributed by atoms with Gasteiger partial charge in [-0.15, -0.1) is 0 Å². The van der Waals surface area contributed by atoms with Gasteiger partial charge in [0.15, 0.2) is 0 Å². The Bertz CT molecular complexity index is 683. The van der Waals surface area contributed by atoms with E-state index in [9.17, 15) is 9.18 Å². The Hall–Kier alpha value is -2.36. The van der Waals surface area contributed by atoms with Crippen LogP contribution in [0.2, 0.25) is 0 Å². The van der Waals surface area contributed by atoms with Crippen LogP contribution >= 0.6 is 0 Å². The van der Waals surface area contributed by atoms with Gasteiger partial charge in [-0.25, -0.2) is 9.18 Å². The molecule has 1 fully saturated rings. The molecule has 1 atom stereocenters. The van der Waals surface area contributed by atoms with Gasteiger partial charge in [-0.1, -0.05) is 48.5 Å². The number of halogens is 1. The van der Waals surface area contributed by atoms with E-state index in [1.54, 1.807) is 25.1 Å². The second kappa shape index (κ2) is 6.41. The second-order valence-corrected chi connectivity index (χ2v) is 6.22. The molecule has 1 unspecified atom stereocenters. The standard InChI is InChI=1S/C19H21FN2O/c1-14(16-9-5-6-10-17(16)20)22-18(23)21-13-19(11-12-19)15-7-3-2-4-8-15/h2-10,14H,11-13H2,1H3,(H2,21,22,23). The van der Waals surface area contributed by atoms with Crippen molar-refractivity contribution >= 4 is 6.03 Å². The lowest BCUT2D eigenvalue weighted by atomic mass is 9.96. The van der Waals surface area contributed by atoms with E-state index < -0.39 is 0 Å². The van der Waals surface area contributed by atoms with E-state index in [0.717, 1.165) is 12.8 Å². The van der Waals surface area contributed by atoms with Crippen LogP contribution in [-0.2, 0) is 5.41 Å². The number of carbonyl (C=O) groups excluding carboxylic acids is 1. The van der Waals surface area contributed by atoms with E-state index in [-0.39, 0.29) is 23.3 Å². The number of nitrogens with one attached hydrogen (secondary N) is 2. The third-order valence-electron chi connectivity index (χ3n) is 4.55. The zero-order valence-corrected chi connectivity index (χ0v) is 13.2. The van der Waals surface area contributed by atoms with Crippen molar-refractivity contribution < 1.29 is 9.18 Å². The van der Waals surface area contributed by atoms with Crippen LogP contribution in [0.3, 0.4) is 0 Å². The van der Waals surface area contributed by atoms with Gasteiger partial charge < -0.3 is 10.6 Å². The summed E-state index contributed by atoms with van der Waals surface area (Å²) >= 11 is 0. The molecule has 0 aliphatic heterocycles. The van der Waals surface area contributed by atoms with Crippen LogP contribution in [-0.4, -0.2) is 12.6 Å². The number of carbonyl (C=O) groups is 1. The molecule has 0 heterocycles. The zero-order valence-electron chi connectivity index (χ0n) is 13.2. The average molecular weight is 312 g/mol. The third-order valence-corrected chi connectivity index (χ3v) is 4.55. The Kier molecular flexibility index (Phi) is 4.33. The molecule has 120 valence electrons. The summed E-state index contributed by atoms with van der Waals surface area (Å²) in [6.45, 7) is 2.38. The first kappa shape index (κ1) is 15.5. The normalized spacial score (nSPS) is 16.4. The van der Waals surface area contributed by atoms with Crippen LogP contribution in [0, 0.1) is 5.82 Å². The van der Waals surface area contributed by atoms with Crippen molar-refractivity contribution in [2.24, 2.45) is 0 Å². The van der Waals surface area contributed by atoms with Gasteiger partial charge >= 0.3 is 6.03 Å². The molecule has 0 bridgehead atoms. The number of amides is 2. The number of benzene rings is 2. The minimum atomic E-state index is -0.372. The number of urea groups is 1. The molecular formula is C19H21FN2O. The van der Waals surface area contributed by atoms with Crippen molar-refractivity contribution in [1.82, 2.24) is 10.6 Å². The summed E-state index contributed by atoms with van der Waals surface area (Å²) in [5.41, 5.74) is 1.83. The largest absolute Gasteiger partial charge is 0.337 e. The molecule has 3 rings (SSSR count). The molecule has 0 saturated heterocycles. The van der Waals surface area contributed by atoms with Gasteiger partial charge in [0.05, 0.1) is 6.04 Å². The average Bonchev–Trinajstić information content (AvgIpc) is 3.35. The summed E-state index contributed by atoms with van der Waals surface area (Å²) in [4.78, 5) is 12.1. The lowest BCUT2D eigenvalue weighted by molar-refractivity contribution is 0.236. The first-order chi connectivity index (χ1) is 11.1. The van der Waals surface area contributed by atoms with Crippen LogP contribution in [0.4, 0.5) is 9.18 Å². The Labute approximate surface area is 135 Å². The van der Waals surface area contributed by atoms with Crippen LogP contribution in [0.25, 0.3) is 0 Å². The van der Waals surface area contributed by atoms with Gasteiger partial charge in [0.25, 0.3) is 0 Å². The smallest absolute Gasteiger partial charge is 0.315 e. The lowest BCUT2D eigenvalue weighted by Crippen LogP contribution is -2.41. The molecule has 0 radical (unpaired) electrons. The highest BCUT2D eigenvalue weighted by molar-refractivity contribution is 5.74. The maximum Gasteiger partial charge on any atom is 0.315 e. The van der Waals surface area contributed by atoms with Gasteiger partial charge in [-0.05, 0) is 31.4 Å². The SMILES string of the molecule is CC(NC(=O)NCC1(c2ccccc2)CC1)c1ccccc1F. The molecule has 1 saturated carbocycles. The van der Waals surface area contributed by atoms with Crippen LogP contribution in [0.1, 0.15) is 36.9 Å². The molecule has 1 aliphatic carbocycles. The summed E-state index contributed by atoms with van der Waals surface area (Å²) in [6, 6.07) is 16.1. The number of hydrogen-bond donors (Lipinski definition) is 2.